The zero-order valence-electron chi connectivity index (χ0n) is 14.2. The summed E-state index contributed by atoms with van der Waals surface area (Å²) in [4.78, 5) is 20.1. The van der Waals surface area contributed by atoms with Gasteiger partial charge in [-0.15, -0.1) is 0 Å². The molecule has 4 aromatic rings. The molecule has 0 atom stereocenters. The molecule has 6 heteroatoms. The Morgan fingerprint density at radius 3 is 2.69 bits per heavy atom. The predicted octanol–water partition coefficient (Wildman–Crippen LogP) is 3.11. The van der Waals surface area contributed by atoms with Crippen molar-refractivity contribution in [3.8, 4) is 5.69 Å². The third kappa shape index (κ3) is 3.49. The van der Waals surface area contributed by atoms with Crippen LogP contribution in [-0.2, 0) is 6.42 Å². The van der Waals surface area contributed by atoms with Crippen LogP contribution < -0.4 is 5.32 Å². The number of nitrogens with one attached hydrogen (secondary N) is 2. The van der Waals surface area contributed by atoms with Gasteiger partial charge in [-0.1, -0.05) is 12.1 Å². The van der Waals surface area contributed by atoms with Gasteiger partial charge in [0, 0.05) is 30.9 Å². The van der Waals surface area contributed by atoms with Gasteiger partial charge < -0.3 is 10.3 Å². The summed E-state index contributed by atoms with van der Waals surface area (Å²) in [5.74, 6) is 0.880. The molecule has 1 amide bonds. The summed E-state index contributed by atoms with van der Waals surface area (Å²) in [5.41, 5.74) is 3.59. The summed E-state index contributed by atoms with van der Waals surface area (Å²) < 4.78 is 1.76. The van der Waals surface area contributed by atoms with Gasteiger partial charge in [-0.25, -0.2) is 9.67 Å². The van der Waals surface area contributed by atoms with Crippen molar-refractivity contribution in [1.82, 2.24) is 25.1 Å². The molecule has 2 heterocycles. The molecule has 0 aliphatic carbocycles. The number of para-hydroxylation sites is 2. The third-order valence-corrected chi connectivity index (χ3v) is 4.21. The van der Waals surface area contributed by atoms with Crippen molar-refractivity contribution in [1.29, 1.82) is 0 Å². The standard InChI is InChI=1S/C20H19N5O/c26-20(15-8-10-16(11-9-15)25-14-4-13-22-25)21-12-3-7-19-23-17-5-1-2-6-18(17)24-19/h1-2,4-6,8-11,13-14H,3,7,12H2,(H,21,26)(H,23,24). The number of H-pyrrole nitrogens is 1. The molecule has 130 valence electrons. The Labute approximate surface area is 150 Å². The number of imidazole rings is 1. The van der Waals surface area contributed by atoms with Gasteiger partial charge >= 0.3 is 0 Å². The van der Waals surface area contributed by atoms with E-state index in [4.69, 9.17) is 0 Å². The van der Waals surface area contributed by atoms with E-state index >= 15 is 0 Å². The Morgan fingerprint density at radius 1 is 1.08 bits per heavy atom. The Hall–Kier alpha value is -3.41. The zero-order valence-corrected chi connectivity index (χ0v) is 14.2. The van der Waals surface area contributed by atoms with E-state index in [1.807, 2.05) is 60.8 Å². The molecular weight excluding hydrogens is 326 g/mol. The Kier molecular flexibility index (Phi) is 4.47. The fraction of sp³-hybridized carbons (Fsp3) is 0.150. The molecule has 0 fully saturated rings. The monoisotopic (exact) mass is 345 g/mol. The molecule has 0 aliphatic rings. The van der Waals surface area contributed by atoms with Crippen molar-refractivity contribution < 1.29 is 4.79 Å². The SMILES string of the molecule is O=C(NCCCc1nc2ccccc2[nH]1)c1ccc(-n2cccn2)cc1. The van der Waals surface area contributed by atoms with Crippen LogP contribution in [0.1, 0.15) is 22.6 Å². The molecule has 0 unspecified atom stereocenters. The first-order chi connectivity index (χ1) is 12.8. The second-order valence-electron chi connectivity index (χ2n) is 6.06. The maximum absolute atomic E-state index is 12.2. The van der Waals surface area contributed by atoms with E-state index in [-0.39, 0.29) is 5.91 Å². The molecule has 0 bridgehead atoms. The highest BCUT2D eigenvalue weighted by molar-refractivity contribution is 5.94. The van der Waals surface area contributed by atoms with Crippen LogP contribution in [0.5, 0.6) is 0 Å². The van der Waals surface area contributed by atoms with Gasteiger partial charge in [-0.2, -0.15) is 5.10 Å². The molecule has 2 N–H and O–H groups in total. The number of carbonyl (C=O) groups excluding carboxylic acids is 1. The van der Waals surface area contributed by atoms with Gasteiger partial charge in [0.25, 0.3) is 5.91 Å². The zero-order chi connectivity index (χ0) is 17.8. The summed E-state index contributed by atoms with van der Waals surface area (Å²) in [6.07, 6.45) is 5.22. The first kappa shape index (κ1) is 16.1. The van der Waals surface area contributed by atoms with Gasteiger partial charge in [0.1, 0.15) is 5.82 Å². The van der Waals surface area contributed by atoms with E-state index in [0.29, 0.717) is 12.1 Å². The Bertz CT molecular complexity index is 969. The topological polar surface area (TPSA) is 75.6 Å². The quantitative estimate of drug-likeness (QED) is 0.527. The summed E-state index contributed by atoms with van der Waals surface area (Å²) in [5, 5.41) is 7.13. The van der Waals surface area contributed by atoms with Crippen LogP contribution in [0.2, 0.25) is 0 Å². The lowest BCUT2D eigenvalue weighted by Gasteiger charge is -2.06. The van der Waals surface area contributed by atoms with Crippen LogP contribution in [0.4, 0.5) is 0 Å². The fourth-order valence-electron chi connectivity index (χ4n) is 2.87. The van der Waals surface area contributed by atoms with Gasteiger partial charge in [-0.3, -0.25) is 4.79 Å². The maximum Gasteiger partial charge on any atom is 0.251 e. The fourth-order valence-corrected chi connectivity index (χ4v) is 2.87. The molecule has 26 heavy (non-hydrogen) atoms. The van der Waals surface area contributed by atoms with Crippen LogP contribution in [0.15, 0.2) is 67.0 Å². The van der Waals surface area contributed by atoms with Crippen molar-refractivity contribution in [3.63, 3.8) is 0 Å². The van der Waals surface area contributed by atoms with Crippen LogP contribution >= 0.6 is 0 Å². The van der Waals surface area contributed by atoms with E-state index < -0.39 is 0 Å². The first-order valence-corrected chi connectivity index (χ1v) is 8.61. The van der Waals surface area contributed by atoms with Crippen LogP contribution in [0, 0.1) is 0 Å². The molecule has 0 spiro atoms. The molecule has 0 saturated heterocycles. The smallest absolute Gasteiger partial charge is 0.251 e. The second kappa shape index (κ2) is 7.23. The summed E-state index contributed by atoms with van der Waals surface area (Å²) in [7, 11) is 0. The number of aryl methyl sites for hydroxylation is 1. The predicted molar refractivity (Wildman–Crippen MR) is 100 cm³/mol. The second-order valence-corrected chi connectivity index (χ2v) is 6.06. The summed E-state index contributed by atoms with van der Waals surface area (Å²) in [6.45, 7) is 0.608. The highest BCUT2D eigenvalue weighted by Gasteiger charge is 2.06. The number of amides is 1. The number of carbonyl (C=O) groups is 1. The van der Waals surface area contributed by atoms with Crippen molar-refractivity contribution in [2.45, 2.75) is 12.8 Å². The number of fused-ring (bicyclic) bond motifs is 1. The Balaban J connectivity index is 1.28. The lowest BCUT2D eigenvalue weighted by molar-refractivity contribution is 0.0953. The van der Waals surface area contributed by atoms with E-state index in [1.54, 1.807) is 10.9 Å². The van der Waals surface area contributed by atoms with Crippen molar-refractivity contribution >= 4 is 16.9 Å². The molecule has 0 aliphatic heterocycles. The molecule has 4 rings (SSSR count). The van der Waals surface area contributed by atoms with E-state index in [1.165, 1.54) is 0 Å². The largest absolute Gasteiger partial charge is 0.352 e. The number of hydrogen-bond acceptors (Lipinski definition) is 3. The molecule has 6 nitrogen and oxygen atoms in total. The molecule has 2 aromatic carbocycles. The van der Waals surface area contributed by atoms with Crippen LogP contribution in [0.25, 0.3) is 16.7 Å². The average molecular weight is 345 g/mol. The molecule has 0 radical (unpaired) electrons. The number of benzene rings is 2. The number of rotatable bonds is 6. The number of aromatic amines is 1. The Morgan fingerprint density at radius 2 is 1.92 bits per heavy atom. The van der Waals surface area contributed by atoms with Crippen LogP contribution in [0.3, 0.4) is 0 Å². The number of nitrogens with zero attached hydrogens (tertiary/aromatic N) is 3. The van der Waals surface area contributed by atoms with Gasteiger partial charge in [-0.05, 0) is 48.9 Å². The maximum atomic E-state index is 12.2. The van der Waals surface area contributed by atoms with Crippen LogP contribution in [-0.4, -0.2) is 32.2 Å². The normalized spacial score (nSPS) is 10.9. The van der Waals surface area contributed by atoms with E-state index in [0.717, 1.165) is 35.4 Å². The average Bonchev–Trinajstić information content (AvgIpc) is 3.34. The minimum absolute atomic E-state index is 0.0679. The number of hydrogen-bond donors (Lipinski definition) is 2. The van der Waals surface area contributed by atoms with Gasteiger partial charge in [0.15, 0.2) is 0 Å². The summed E-state index contributed by atoms with van der Waals surface area (Å²) >= 11 is 0. The minimum atomic E-state index is -0.0679. The molecular formula is C20H19N5O. The van der Waals surface area contributed by atoms with Crippen molar-refractivity contribution in [2.75, 3.05) is 6.54 Å². The van der Waals surface area contributed by atoms with Crippen molar-refractivity contribution in [2.24, 2.45) is 0 Å². The summed E-state index contributed by atoms with van der Waals surface area (Å²) in [6, 6.07) is 17.2. The lowest BCUT2D eigenvalue weighted by atomic mass is 10.2. The lowest BCUT2D eigenvalue weighted by Crippen LogP contribution is -2.24. The molecule has 2 aromatic heterocycles. The number of aromatic nitrogens is 4. The minimum Gasteiger partial charge on any atom is -0.352 e. The van der Waals surface area contributed by atoms with Gasteiger partial charge in [0.05, 0.1) is 16.7 Å². The van der Waals surface area contributed by atoms with E-state index in [2.05, 4.69) is 20.4 Å². The highest BCUT2D eigenvalue weighted by Crippen LogP contribution is 2.11. The highest BCUT2D eigenvalue weighted by atomic mass is 16.1. The van der Waals surface area contributed by atoms with E-state index in [9.17, 15) is 4.79 Å². The molecule has 0 saturated carbocycles. The van der Waals surface area contributed by atoms with Gasteiger partial charge in [0.2, 0.25) is 0 Å². The van der Waals surface area contributed by atoms with Crippen molar-refractivity contribution in [3.05, 3.63) is 78.4 Å². The first-order valence-electron chi connectivity index (χ1n) is 8.61. The third-order valence-electron chi connectivity index (χ3n) is 4.21.